The highest BCUT2D eigenvalue weighted by Gasteiger charge is 2.59. The van der Waals surface area contributed by atoms with E-state index in [0.29, 0.717) is 5.02 Å². The lowest BCUT2D eigenvalue weighted by molar-refractivity contribution is 0.368. The van der Waals surface area contributed by atoms with Crippen LogP contribution < -0.4 is 0 Å². The van der Waals surface area contributed by atoms with E-state index in [-0.39, 0.29) is 10.5 Å². The van der Waals surface area contributed by atoms with Crippen LogP contribution in [-0.2, 0) is 10.0 Å². The number of hydrogen-bond acceptors (Lipinski definition) is 2. The molecule has 0 bridgehead atoms. The molecule has 31 heavy (non-hydrogen) atoms. The van der Waals surface area contributed by atoms with Crippen molar-refractivity contribution in [2.24, 2.45) is 0 Å². The molecule has 1 fully saturated rings. The van der Waals surface area contributed by atoms with Crippen LogP contribution in [0.5, 0.6) is 0 Å². The largest absolute Gasteiger partial charge is 0.244 e. The van der Waals surface area contributed by atoms with Crippen LogP contribution in [0.15, 0.2) is 53.4 Å². The zero-order valence-electron chi connectivity index (χ0n) is 15.7. The average molecular weight is 474 g/mol. The summed E-state index contributed by atoms with van der Waals surface area (Å²) in [6, 6.07) is 8.57. The summed E-state index contributed by atoms with van der Waals surface area (Å²) in [5, 5.41) is 0.324. The number of rotatable bonds is 4. The van der Waals surface area contributed by atoms with Crippen molar-refractivity contribution in [3.05, 3.63) is 99.3 Å². The lowest BCUT2D eigenvalue weighted by Gasteiger charge is -2.09. The Labute approximate surface area is 179 Å². The third kappa shape index (κ3) is 3.50. The van der Waals surface area contributed by atoms with Gasteiger partial charge in [-0.1, -0.05) is 41.4 Å². The molecule has 1 aliphatic heterocycles. The number of hydrogen-bond donors (Lipinski definition) is 0. The first-order chi connectivity index (χ1) is 14.6. The van der Waals surface area contributed by atoms with E-state index < -0.39 is 56.8 Å². The van der Waals surface area contributed by atoms with Crippen molar-refractivity contribution in [2.75, 3.05) is 0 Å². The molecule has 4 rings (SSSR count). The van der Waals surface area contributed by atoms with Gasteiger partial charge in [0.05, 0.1) is 22.5 Å². The van der Waals surface area contributed by atoms with Crippen LogP contribution in [0.25, 0.3) is 0 Å². The van der Waals surface area contributed by atoms with E-state index in [0.717, 1.165) is 9.87 Å². The Kier molecular flexibility index (Phi) is 5.31. The maximum Gasteiger partial charge on any atom is 0.244 e. The smallest absolute Gasteiger partial charge is 0.207 e. The van der Waals surface area contributed by atoms with Crippen molar-refractivity contribution >= 4 is 21.6 Å². The monoisotopic (exact) mass is 473 g/mol. The number of benzene rings is 3. The molecule has 0 aliphatic carbocycles. The Morgan fingerprint density at radius 1 is 0.742 bits per heavy atom. The first-order valence-electron chi connectivity index (χ1n) is 8.92. The summed E-state index contributed by atoms with van der Waals surface area (Å²) in [7, 11) is -4.33. The Hall–Kier alpha value is -2.49. The Bertz CT molecular complexity index is 1250. The van der Waals surface area contributed by atoms with Gasteiger partial charge in [-0.3, -0.25) is 0 Å². The van der Waals surface area contributed by atoms with E-state index in [4.69, 9.17) is 11.6 Å². The summed E-state index contributed by atoms with van der Waals surface area (Å²) in [4.78, 5) is -0.177. The molecule has 0 spiro atoms. The second-order valence-corrected chi connectivity index (χ2v) is 9.35. The fourth-order valence-corrected chi connectivity index (χ4v) is 5.35. The van der Waals surface area contributed by atoms with Crippen molar-refractivity contribution in [1.82, 2.24) is 4.31 Å². The van der Waals surface area contributed by atoms with E-state index in [2.05, 4.69) is 0 Å². The molecule has 1 saturated heterocycles. The molecule has 0 saturated carbocycles. The highest BCUT2D eigenvalue weighted by atomic mass is 35.5. The SMILES string of the molecule is Cc1ccc(S(=O)(=O)N2[C@H](c3ccc(Cl)cc3)[C@H]2c2c(F)c(F)c(F)c(F)c2F)cc1. The second kappa shape index (κ2) is 7.58. The van der Waals surface area contributed by atoms with Gasteiger partial charge in [0.25, 0.3) is 0 Å². The molecular weight excluding hydrogens is 461 g/mol. The molecule has 3 aromatic rings. The molecule has 1 heterocycles. The fraction of sp³-hybridized carbons (Fsp3) is 0.143. The first kappa shape index (κ1) is 21.7. The van der Waals surface area contributed by atoms with Gasteiger partial charge < -0.3 is 0 Å². The molecule has 0 amide bonds. The van der Waals surface area contributed by atoms with Crippen molar-refractivity contribution in [3.63, 3.8) is 0 Å². The van der Waals surface area contributed by atoms with E-state index in [9.17, 15) is 30.4 Å². The molecule has 1 aliphatic rings. The van der Waals surface area contributed by atoms with Gasteiger partial charge in [-0.25, -0.2) is 30.4 Å². The first-order valence-corrected chi connectivity index (χ1v) is 10.7. The fourth-order valence-electron chi connectivity index (χ4n) is 3.50. The van der Waals surface area contributed by atoms with Gasteiger partial charge in [0, 0.05) is 5.02 Å². The summed E-state index contributed by atoms with van der Waals surface area (Å²) in [6.07, 6.45) is 0. The summed E-state index contributed by atoms with van der Waals surface area (Å²) in [5.41, 5.74) is -0.142. The average Bonchev–Trinajstić information content (AvgIpc) is 3.48. The molecule has 1 unspecified atom stereocenters. The van der Waals surface area contributed by atoms with Gasteiger partial charge in [-0.2, -0.15) is 4.31 Å². The van der Waals surface area contributed by atoms with Gasteiger partial charge >= 0.3 is 0 Å². The van der Waals surface area contributed by atoms with Gasteiger partial charge in [-0.15, -0.1) is 0 Å². The highest BCUT2D eigenvalue weighted by Crippen LogP contribution is 2.59. The predicted molar refractivity (Wildman–Crippen MR) is 103 cm³/mol. The van der Waals surface area contributed by atoms with E-state index in [1.54, 1.807) is 6.92 Å². The zero-order chi connectivity index (χ0) is 22.7. The highest BCUT2D eigenvalue weighted by molar-refractivity contribution is 7.89. The molecule has 162 valence electrons. The maximum absolute atomic E-state index is 14.5. The van der Waals surface area contributed by atoms with Gasteiger partial charge in [0.2, 0.25) is 15.8 Å². The third-order valence-electron chi connectivity index (χ3n) is 5.11. The van der Waals surface area contributed by atoms with Crippen LogP contribution >= 0.6 is 11.6 Å². The maximum atomic E-state index is 14.5. The van der Waals surface area contributed by atoms with E-state index in [1.807, 2.05) is 0 Å². The molecular formula is C21H13ClF5NO2S. The predicted octanol–water partition coefficient (Wildman–Crippen LogP) is 5.83. The lowest BCUT2D eigenvalue weighted by atomic mass is 10.0. The number of halogens is 6. The van der Waals surface area contributed by atoms with Crippen LogP contribution in [0.3, 0.4) is 0 Å². The van der Waals surface area contributed by atoms with Gasteiger partial charge in [-0.05, 0) is 36.8 Å². The topological polar surface area (TPSA) is 37.1 Å². The standard InChI is InChI=1S/C21H13ClF5NO2S/c1-10-2-8-13(9-3-10)31(29,30)28-20(11-4-6-12(22)7-5-11)21(28)14-15(23)17(25)19(27)18(26)16(14)24/h2-9,20-21H,1H3/t20-,21-,28?/m1/s1. The molecule has 0 aromatic heterocycles. The summed E-state index contributed by atoms with van der Waals surface area (Å²) < 4.78 is 97.2. The molecule has 0 radical (unpaired) electrons. The summed E-state index contributed by atoms with van der Waals surface area (Å²) in [6.45, 7) is 1.74. The minimum atomic E-state index is -4.33. The molecule has 3 nitrogen and oxygen atoms in total. The Morgan fingerprint density at radius 3 is 1.74 bits per heavy atom. The normalized spacial score (nSPS) is 20.7. The lowest BCUT2D eigenvalue weighted by Crippen LogP contribution is -2.15. The van der Waals surface area contributed by atoms with Crippen LogP contribution in [0.4, 0.5) is 22.0 Å². The van der Waals surface area contributed by atoms with Crippen molar-refractivity contribution in [1.29, 1.82) is 0 Å². The van der Waals surface area contributed by atoms with Gasteiger partial charge in [0.15, 0.2) is 23.3 Å². The molecule has 0 N–H and O–H groups in total. The molecule has 3 atom stereocenters. The minimum Gasteiger partial charge on any atom is -0.207 e. The van der Waals surface area contributed by atoms with E-state index in [1.165, 1.54) is 48.5 Å². The number of sulfonamides is 1. The zero-order valence-corrected chi connectivity index (χ0v) is 17.3. The van der Waals surface area contributed by atoms with Crippen LogP contribution in [-0.4, -0.2) is 12.7 Å². The Morgan fingerprint density at radius 2 is 1.23 bits per heavy atom. The van der Waals surface area contributed by atoms with Crippen molar-refractivity contribution in [3.8, 4) is 0 Å². The van der Waals surface area contributed by atoms with Crippen LogP contribution in [0.2, 0.25) is 5.02 Å². The number of nitrogens with zero attached hydrogens (tertiary/aromatic N) is 1. The Balaban J connectivity index is 1.89. The second-order valence-electron chi connectivity index (χ2n) is 7.07. The van der Waals surface area contributed by atoms with E-state index >= 15 is 0 Å². The van der Waals surface area contributed by atoms with Crippen molar-refractivity contribution in [2.45, 2.75) is 23.9 Å². The quantitative estimate of drug-likeness (QED) is 0.207. The number of aryl methyl sites for hydroxylation is 1. The summed E-state index contributed by atoms with van der Waals surface area (Å²) in [5.74, 6) is -10.7. The molecule has 10 heteroatoms. The van der Waals surface area contributed by atoms with Crippen molar-refractivity contribution < 1.29 is 30.4 Å². The van der Waals surface area contributed by atoms with Gasteiger partial charge in [0.1, 0.15) is 0 Å². The molecule has 3 aromatic carbocycles. The minimum absolute atomic E-state index is 0.177. The third-order valence-corrected chi connectivity index (χ3v) is 7.23. The van der Waals surface area contributed by atoms with Crippen LogP contribution in [0, 0.1) is 36.0 Å². The summed E-state index contributed by atoms with van der Waals surface area (Å²) >= 11 is 5.84. The van der Waals surface area contributed by atoms with Crippen LogP contribution in [0.1, 0.15) is 28.8 Å².